The van der Waals surface area contributed by atoms with Gasteiger partial charge in [0.15, 0.2) is 0 Å². The number of aryl methyl sites for hydroxylation is 2. The van der Waals surface area contributed by atoms with Crippen LogP contribution >= 0.6 is 0 Å². The topological polar surface area (TPSA) is 68.4 Å². The zero-order valence-corrected chi connectivity index (χ0v) is 16.1. The molecule has 3 aromatic carbocycles. The Kier molecular flexibility index (Phi) is 4.08. The summed E-state index contributed by atoms with van der Waals surface area (Å²) in [6.45, 7) is 3.75. The zero-order valence-electron chi connectivity index (χ0n) is 15.2. The van der Waals surface area contributed by atoms with Crippen molar-refractivity contribution in [3.8, 4) is 11.5 Å². The molecule has 27 heavy (non-hydrogen) atoms. The maximum Gasteiger partial charge on any atom is 0.339 e. The first-order valence-corrected chi connectivity index (χ1v) is 9.90. The summed E-state index contributed by atoms with van der Waals surface area (Å²) in [5.41, 5.74) is 3.49. The fraction of sp³-hybridized carbons (Fsp3) is 0.143. The van der Waals surface area contributed by atoms with Gasteiger partial charge in [-0.1, -0.05) is 17.7 Å². The van der Waals surface area contributed by atoms with Crippen molar-refractivity contribution in [3.05, 3.63) is 65.7 Å². The number of aromatic nitrogens is 1. The van der Waals surface area contributed by atoms with Crippen LogP contribution in [-0.4, -0.2) is 20.5 Å². The molecule has 0 atom stereocenters. The Labute approximate surface area is 157 Å². The Morgan fingerprint density at radius 1 is 0.889 bits per heavy atom. The molecule has 0 radical (unpaired) electrons. The van der Waals surface area contributed by atoms with Crippen LogP contribution in [-0.2, 0) is 10.1 Å². The lowest BCUT2D eigenvalue weighted by Crippen LogP contribution is -2.10. The molecule has 0 bridgehead atoms. The van der Waals surface area contributed by atoms with Crippen LogP contribution in [0.5, 0.6) is 11.5 Å². The third-order valence-electron chi connectivity index (χ3n) is 4.70. The van der Waals surface area contributed by atoms with Crippen molar-refractivity contribution in [2.75, 3.05) is 7.11 Å². The predicted octanol–water partition coefficient (Wildman–Crippen LogP) is 4.71. The lowest BCUT2D eigenvalue weighted by Gasteiger charge is -2.10. The molecule has 0 spiro atoms. The fourth-order valence-corrected chi connectivity index (χ4v) is 4.15. The molecule has 0 aliphatic heterocycles. The van der Waals surface area contributed by atoms with Crippen LogP contribution in [0, 0.1) is 13.8 Å². The smallest absolute Gasteiger partial charge is 0.339 e. The van der Waals surface area contributed by atoms with E-state index in [2.05, 4.69) is 4.98 Å². The SMILES string of the molecule is COc1ccc2c(c1)[nH]c1c(C)c(OS(=O)(=O)c3ccc(C)cc3)ccc12. The van der Waals surface area contributed by atoms with E-state index in [1.807, 2.05) is 38.1 Å². The average Bonchev–Trinajstić information content (AvgIpc) is 3.02. The van der Waals surface area contributed by atoms with E-state index in [1.165, 1.54) is 0 Å². The van der Waals surface area contributed by atoms with E-state index in [0.29, 0.717) is 5.75 Å². The minimum absolute atomic E-state index is 0.133. The first kappa shape index (κ1) is 17.4. The highest BCUT2D eigenvalue weighted by Gasteiger charge is 2.19. The molecule has 4 rings (SSSR count). The Bertz CT molecular complexity index is 1260. The van der Waals surface area contributed by atoms with Crippen molar-refractivity contribution in [3.63, 3.8) is 0 Å². The Morgan fingerprint density at radius 2 is 1.59 bits per heavy atom. The van der Waals surface area contributed by atoms with E-state index in [-0.39, 0.29) is 4.90 Å². The van der Waals surface area contributed by atoms with Crippen molar-refractivity contribution in [2.45, 2.75) is 18.7 Å². The van der Waals surface area contributed by atoms with Gasteiger partial charge in [-0.2, -0.15) is 8.42 Å². The van der Waals surface area contributed by atoms with Gasteiger partial charge in [0.25, 0.3) is 0 Å². The largest absolute Gasteiger partial charge is 0.497 e. The van der Waals surface area contributed by atoms with Gasteiger partial charge < -0.3 is 13.9 Å². The van der Waals surface area contributed by atoms with E-state index in [1.54, 1.807) is 37.4 Å². The van der Waals surface area contributed by atoms with Gasteiger partial charge in [0.05, 0.1) is 18.1 Å². The zero-order chi connectivity index (χ0) is 19.2. The van der Waals surface area contributed by atoms with Gasteiger partial charge in [-0.05, 0) is 50.2 Å². The average molecular weight is 381 g/mol. The first-order chi connectivity index (χ1) is 12.9. The summed E-state index contributed by atoms with van der Waals surface area (Å²) in [4.78, 5) is 3.47. The molecule has 0 unspecified atom stereocenters. The van der Waals surface area contributed by atoms with Crippen LogP contribution in [0.25, 0.3) is 21.8 Å². The van der Waals surface area contributed by atoms with Crippen LogP contribution in [0.2, 0.25) is 0 Å². The Balaban J connectivity index is 1.79. The second kappa shape index (κ2) is 6.32. The van der Waals surface area contributed by atoms with Gasteiger partial charge in [0.1, 0.15) is 16.4 Å². The molecule has 0 fully saturated rings. The molecular formula is C21H19NO4S. The van der Waals surface area contributed by atoms with Crippen LogP contribution in [0.4, 0.5) is 0 Å². The molecule has 1 N–H and O–H groups in total. The number of hydrogen-bond acceptors (Lipinski definition) is 4. The summed E-state index contributed by atoms with van der Waals surface area (Å²) in [6, 6.07) is 16.0. The minimum atomic E-state index is -3.90. The number of nitrogens with one attached hydrogen (secondary N) is 1. The Hall–Kier alpha value is -2.99. The molecule has 6 heteroatoms. The normalized spacial score (nSPS) is 11.8. The highest BCUT2D eigenvalue weighted by atomic mass is 32.2. The van der Waals surface area contributed by atoms with Gasteiger partial charge in [-0.3, -0.25) is 0 Å². The Morgan fingerprint density at radius 3 is 2.30 bits per heavy atom. The number of methoxy groups -OCH3 is 1. The molecule has 0 amide bonds. The molecule has 138 valence electrons. The molecule has 5 nitrogen and oxygen atoms in total. The van der Waals surface area contributed by atoms with E-state index >= 15 is 0 Å². The molecule has 0 saturated carbocycles. The lowest BCUT2D eigenvalue weighted by molar-refractivity contribution is 0.415. The van der Waals surface area contributed by atoms with E-state index in [4.69, 9.17) is 8.92 Å². The lowest BCUT2D eigenvalue weighted by atomic mass is 10.1. The van der Waals surface area contributed by atoms with Crippen molar-refractivity contribution >= 4 is 31.9 Å². The second-order valence-corrected chi connectivity index (χ2v) is 8.04. The van der Waals surface area contributed by atoms with Crippen LogP contribution in [0.3, 0.4) is 0 Å². The summed E-state index contributed by atoms with van der Waals surface area (Å²) >= 11 is 0. The van der Waals surface area contributed by atoms with Crippen molar-refractivity contribution in [1.29, 1.82) is 0 Å². The monoisotopic (exact) mass is 381 g/mol. The van der Waals surface area contributed by atoms with E-state index in [0.717, 1.165) is 38.7 Å². The molecule has 1 heterocycles. The molecular weight excluding hydrogens is 362 g/mol. The molecule has 0 aliphatic rings. The third kappa shape index (κ3) is 3.02. The van der Waals surface area contributed by atoms with E-state index < -0.39 is 10.1 Å². The molecule has 0 aliphatic carbocycles. The quantitative estimate of drug-likeness (QED) is 0.520. The highest BCUT2D eigenvalue weighted by molar-refractivity contribution is 7.87. The summed E-state index contributed by atoms with van der Waals surface area (Å²) in [5.74, 6) is 1.06. The first-order valence-electron chi connectivity index (χ1n) is 8.49. The standard InChI is InChI=1S/C21H19NO4S/c1-13-4-7-16(8-5-13)27(23,24)26-20-11-10-18-17-9-6-15(25-3)12-19(17)22-21(18)14(20)2/h4-12,22H,1-3H3. The maximum atomic E-state index is 12.6. The van der Waals surface area contributed by atoms with Gasteiger partial charge in [-0.15, -0.1) is 0 Å². The van der Waals surface area contributed by atoms with Crippen molar-refractivity contribution in [1.82, 2.24) is 4.98 Å². The molecule has 0 saturated heterocycles. The number of aromatic amines is 1. The molecule has 1 aromatic heterocycles. The number of H-pyrrole nitrogens is 1. The van der Waals surface area contributed by atoms with Gasteiger partial charge in [0, 0.05) is 22.4 Å². The van der Waals surface area contributed by atoms with Gasteiger partial charge >= 0.3 is 10.1 Å². The van der Waals surface area contributed by atoms with Crippen LogP contribution < -0.4 is 8.92 Å². The summed E-state index contributed by atoms with van der Waals surface area (Å²) < 4.78 is 35.9. The van der Waals surface area contributed by atoms with Crippen molar-refractivity contribution < 1.29 is 17.3 Å². The second-order valence-electron chi connectivity index (χ2n) is 6.50. The van der Waals surface area contributed by atoms with E-state index in [9.17, 15) is 8.42 Å². The molecule has 4 aromatic rings. The van der Waals surface area contributed by atoms with Crippen LogP contribution in [0.1, 0.15) is 11.1 Å². The summed E-state index contributed by atoms with van der Waals surface area (Å²) in [6.07, 6.45) is 0. The van der Waals surface area contributed by atoms with Gasteiger partial charge in [-0.25, -0.2) is 0 Å². The van der Waals surface area contributed by atoms with Crippen molar-refractivity contribution in [2.24, 2.45) is 0 Å². The summed E-state index contributed by atoms with van der Waals surface area (Å²) in [7, 11) is -2.27. The summed E-state index contributed by atoms with van der Waals surface area (Å²) in [5, 5.41) is 2.05. The maximum absolute atomic E-state index is 12.6. The predicted molar refractivity (Wildman–Crippen MR) is 106 cm³/mol. The number of rotatable bonds is 4. The third-order valence-corrected chi connectivity index (χ3v) is 5.95. The number of hydrogen-bond donors (Lipinski definition) is 1. The number of ether oxygens (including phenoxy) is 1. The minimum Gasteiger partial charge on any atom is -0.497 e. The highest BCUT2D eigenvalue weighted by Crippen LogP contribution is 2.34. The number of fused-ring (bicyclic) bond motifs is 3. The van der Waals surface area contributed by atoms with Gasteiger partial charge in [0.2, 0.25) is 0 Å². The number of benzene rings is 3. The fourth-order valence-electron chi connectivity index (χ4n) is 3.16. The van der Waals surface area contributed by atoms with Crippen LogP contribution in [0.15, 0.2) is 59.5 Å².